The van der Waals surface area contributed by atoms with Crippen LogP contribution in [0.4, 0.5) is 0 Å². The van der Waals surface area contributed by atoms with E-state index in [9.17, 15) is 4.79 Å². The van der Waals surface area contributed by atoms with Crippen molar-refractivity contribution in [3.05, 3.63) is 76.9 Å². The molecule has 0 bridgehead atoms. The van der Waals surface area contributed by atoms with Crippen LogP contribution in [0.25, 0.3) is 0 Å². The highest BCUT2D eigenvalue weighted by atomic mass is 16.5. The summed E-state index contributed by atoms with van der Waals surface area (Å²) in [4.78, 5) is 15.7. The highest BCUT2D eigenvalue weighted by Gasteiger charge is 2.37. The SMILES string of the molecule is COc1ccc(CC2c3c(cc(OC)c(OC)c3OC)CCN2C(C)C(=O)NCc2ccccc2)cc1OC. The number of rotatable bonds is 11. The molecule has 3 aromatic rings. The Morgan fingerprint density at radius 2 is 1.54 bits per heavy atom. The molecule has 0 aliphatic carbocycles. The largest absolute Gasteiger partial charge is 0.493 e. The van der Waals surface area contributed by atoms with Gasteiger partial charge in [0.1, 0.15) is 0 Å². The highest BCUT2D eigenvalue weighted by molar-refractivity contribution is 5.81. The number of hydrogen-bond acceptors (Lipinski definition) is 7. The van der Waals surface area contributed by atoms with Gasteiger partial charge in [0.2, 0.25) is 11.7 Å². The topological polar surface area (TPSA) is 78.5 Å². The number of amides is 1. The molecule has 8 nitrogen and oxygen atoms in total. The highest BCUT2D eigenvalue weighted by Crippen LogP contribution is 2.49. The first-order valence-electron chi connectivity index (χ1n) is 13.1. The fraction of sp³-hybridized carbons (Fsp3) is 0.387. The molecule has 1 aliphatic heterocycles. The van der Waals surface area contributed by atoms with Crippen LogP contribution in [0, 0.1) is 0 Å². The van der Waals surface area contributed by atoms with E-state index in [1.807, 2.05) is 61.5 Å². The Hall–Kier alpha value is -3.91. The Bertz CT molecular complexity index is 1280. The normalized spacial score (nSPS) is 15.6. The zero-order valence-electron chi connectivity index (χ0n) is 23.6. The van der Waals surface area contributed by atoms with E-state index in [0.29, 0.717) is 48.3 Å². The van der Waals surface area contributed by atoms with Gasteiger partial charge in [-0.25, -0.2) is 0 Å². The Labute approximate surface area is 230 Å². The summed E-state index contributed by atoms with van der Waals surface area (Å²) >= 11 is 0. The molecule has 2 atom stereocenters. The molecule has 8 heteroatoms. The van der Waals surface area contributed by atoms with Gasteiger partial charge in [0.15, 0.2) is 23.0 Å². The Balaban J connectivity index is 1.73. The van der Waals surface area contributed by atoms with Gasteiger partial charge in [-0.05, 0) is 54.7 Å². The van der Waals surface area contributed by atoms with Gasteiger partial charge >= 0.3 is 0 Å². The van der Waals surface area contributed by atoms with Crippen molar-refractivity contribution in [3.8, 4) is 28.7 Å². The number of benzene rings is 3. The quantitative estimate of drug-likeness (QED) is 0.386. The Kier molecular flexibility index (Phi) is 9.19. The second kappa shape index (κ2) is 12.8. The third kappa shape index (κ3) is 5.91. The average molecular weight is 535 g/mol. The van der Waals surface area contributed by atoms with Crippen molar-refractivity contribution in [1.82, 2.24) is 10.2 Å². The number of carbonyl (C=O) groups excluding carboxylic acids is 1. The van der Waals surface area contributed by atoms with Crippen molar-refractivity contribution in [3.63, 3.8) is 0 Å². The third-order valence-electron chi connectivity index (χ3n) is 7.39. The van der Waals surface area contributed by atoms with Crippen LogP contribution in [0.1, 0.15) is 35.2 Å². The molecule has 208 valence electrons. The Morgan fingerprint density at radius 1 is 0.846 bits per heavy atom. The second-order valence-electron chi connectivity index (χ2n) is 9.49. The lowest BCUT2D eigenvalue weighted by Gasteiger charge is -2.41. The van der Waals surface area contributed by atoms with Gasteiger partial charge in [0, 0.05) is 24.7 Å². The first-order chi connectivity index (χ1) is 18.9. The Morgan fingerprint density at radius 3 is 2.18 bits per heavy atom. The summed E-state index contributed by atoms with van der Waals surface area (Å²) in [6.45, 7) is 3.13. The molecule has 0 radical (unpaired) electrons. The lowest BCUT2D eigenvalue weighted by molar-refractivity contribution is -0.127. The maximum Gasteiger partial charge on any atom is 0.237 e. The van der Waals surface area contributed by atoms with Crippen LogP contribution in [0.5, 0.6) is 28.7 Å². The zero-order valence-corrected chi connectivity index (χ0v) is 23.6. The molecule has 0 saturated carbocycles. The minimum absolute atomic E-state index is 0.0286. The molecular weight excluding hydrogens is 496 g/mol. The predicted molar refractivity (Wildman–Crippen MR) is 150 cm³/mol. The summed E-state index contributed by atoms with van der Waals surface area (Å²) in [7, 11) is 8.12. The van der Waals surface area contributed by atoms with Crippen molar-refractivity contribution in [2.24, 2.45) is 0 Å². The maximum atomic E-state index is 13.4. The second-order valence-corrected chi connectivity index (χ2v) is 9.49. The fourth-order valence-electron chi connectivity index (χ4n) is 5.37. The van der Waals surface area contributed by atoms with Gasteiger partial charge in [-0.3, -0.25) is 9.69 Å². The molecule has 4 rings (SSSR count). The third-order valence-corrected chi connectivity index (χ3v) is 7.39. The minimum atomic E-state index is -0.384. The van der Waals surface area contributed by atoms with Crippen LogP contribution in [0.15, 0.2) is 54.6 Å². The van der Waals surface area contributed by atoms with Gasteiger partial charge < -0.3 is 29.0 Å². The van der Waals surface area contributed by atoms with E-state index in [1.165, 1.54) is 0 Å². The summed E-state index contributed by atoms with van der Waals surface area (Å²) in [5.74, 6) is 3.09. The molecule has 3 aromatic carbocycles. The number of methoxy groups -OCH3 is 5. The minimum Gasteiger partial charge on any atom is -0.493 e. The predicted octanol–water partition coefficient (Wildman–Crippen LogP) is 4.58. The standard InChI is InChI=1S/C31H38N2O6/c1-20(31(34)32-19-21-10-8-7-9-11-21)33-15-14-23-18-27(37-4)29(38-5)30(39-6)28(23)24(33)16-22-12-13-25(35-2)26(17-22)36-3/h7-13,17-18,20,24H,14-16,19H2,1-6H3,(H,32,34). The molecule has 1 heterocycles. The van der Waals surface area contributed by atoms with Crippen LogP contribution in [0.3, 0.4) is 0 Å². The van der Waals surface area contributed by atoms with Gasteiger partial charge in [0.05, 0.1) is 41.6 Å². The van der Waals surface area contributed by atoms with Crippen molar-refractivity contribution in [2.75, 3.05) is 42.1 Å². The van der Waals surface area contributed by atoms with Crippen molar-refractivity contribution >= 4 is 5.91 Å². The van der Waals surface area contributed by atoms with Gasteiger partial charge in [-0.15, -0.1) is 0 Å². The van der Waals surface area contributed by atoms with Crippen LogP contribution >= 0.6 is 0 Å². The van der Waals surface area contributed by atoms with E-state index in [4.69, 9.17) is 23.7 Å². The van der Waals surface area contributed by atoms with Crippen LogP contribution < -0.4 is 29.0 Å². The number of ether oxygens (including phenoxy) is 5. The van der Waals surface area contributed by atoms with E-state index in [-0.39, 0.29) is 18.0 Å². The van der Waals surface area contributed by atoms with Crippen molar-refractivity contribution in [2.45, 2.75) is 38.4 Å². The fourth-order valence-corrected chi connectivity index (χ4v) is 5.37. The summed E-state index contributed by atoms with van der Waals surface area (Å²) in [6, 6.07) is 17.3. The number of nitrogens with one attached hydrogen (secondary N) is 1. The summed E-state index contributed by atoms with van der Waals surface area (Å²) in [5, 5.41) is 3.11. The monoisotopic (exact) mass is 534 g/mol. The smallest absolute Gasteiger partial charge is 0.237 e. The molecule has 0 spiro atoms. The average Bonchev–Trinajstić information content (AvgIpc) is 2.98. The zero-order chi connectivity index (χ0) is 27.9. The lowest BCUT2D eigenvalue weighted by atomic mass is 9.86. The molecule has 2 unspecified atom stereocenters. The molecule has 39 heavy (non-hydrogen) atoms. The molecule has 1 aliphatic rings. The number of carbonyl (C=O) groups is 1. The molecule has 1 N–H and O–H groups in total. The van der Waals surface area contributed by atoms with Gasteiger partial charge in [-0.1, -0.05) is 36.4 Å². The van der Waals surface area contributed by atoms with Gasteiger partial charge in [-0.2, -0.15) is 0 Å². The molecule has 0 fully saturated rings. The van der Waals surface area contributed by atoms with Crippen LogP contribution in [0.2, 0.25) is 0 Å². The molecule has 0 aromatic heterocycles. The van der Waals surface area contributed by atoms with E-state index in [1.54, 1.807) is 35.5 Å². The number of hydrogen-bond donors (Lipinski definition) is 1. The van der Waals surface area contributed by atoms with Gasteiger partial charge in [0.25, 0.3) is 0 Å². The van der Waals surface area contributed by atoms with E-state index in [2.05, 4.69) is 10.2 Å². The molecule has 1 amide bonds. The number of fused-ring (bicyclic) bond motifs is 1. The summed E-state index contributed by atoms with van der Waals surface area (Å²) in [5.41, 5.74) is 4.22. The molecule has 0 saturated heterocycles. The van der Waals surface area contributed by atoms with Crippen LogP contribution in [-0.4, -0.2) is 58.9 Å². The van der Waals surface area contributed by atoms with E-state index >= 15 is 0 Å². The van der Waals surface area contributed by atoms with E-state index in [0.717, 1.165) is 28.7 Å². The first-order valence-corrected chi connectivity index (χ1v) is 13.1. The van der Waals surface area contributed by atoms with E-state index < -0.39 is 0 Å². The summed E-state index contributed by atoms with van der Waals surface area (Å²) < 4.78 is 28.3. The lowest BCUT2D eigenvalue weighted by Crippen LogP contribution is -2.49. The first kappa shape index (κ1) is 28.1. The molecular formula is C31H38N2O6. The van der Waals surface area contributed by atoms with Crippen LogP contribution in [-0.2, 0) is 24.2 Å². The summed E-state index contributed by atoms with van der Waals surface area (Å²) in [6.07, 6.45) is 1.36. The van der Waals surface area contributed by atoms with Crippen molar-refractivity contribution < 1.29 is 28.5 Å². The number of nitrogens with zero attached hydrogens (tertiary/aromatic N) is 1. The maximum absolute atomic E-state index is 13.4. The van der Waals surface area contributed by atoms with Crippen molar-refractivity contribution in [1.29, 1.82) is 0 Å².